The minimum atomic E-state index is 1.00. The van der Waals surface area contributed by atoms with Crippen LogP contribution >= 0.6 is 11.8 Å². The summed E-state index contributed by atoms with van der Waals surface area (Å²) >= 11 is 1.94. The molecule has 0 aliphatic carbocycles. The Balaban J connectivity index is 1.75. The van der Waals surface area contributed by atoms with Crippen LogP contribution in [0.3, 0.4) is 0 Å². The second-order valence-electron chi connectivity index (χ2n) is 5.12. The Morgan fingerprint density at radius 3 is 2.47 bits per heavy atom. The average Bonchev–Trinajstić information content (AvgIpc) is 2.47. The van der Waals surface area contributed by atoms with Gasteiger partial charge in [0.25, 0.3) is 0 Å². The summed E-state index contributed by atoms with van der Waals surface area (Å²) in [6.07, 6.45) is 5.27. The predicted molar refractivity (Wildman–Crippen MR) is 83.7 cm³/mol. The molecule has 0 atom stereocenters. The van der Waals surface area contributed by atoms with Gasteiger partial charge in [-0.05, 0) is 24.3 Å². The molecule has 1 saturated heterocycles. The highest BCUT2D eigenvalue weighted by molar-refractivity contribution is 7.98. The number of hydrogen-bond acceptors (Lipinski definition) is 4. The van der Waals surface area contributed by atoms with E-state index in [-0.39, 0.29) is 0 Å². The number of thioether (sulfide) groups is 1. The summed E-state index contributed by atoms with van der Waals surface area (Å²) in [7, 11) is 0. The van der Waals surface area contributed by atoms with Gasteiger partial charge in [0.2, 0.25) is 0 Å². The molecule has 1 aromatic rings. The Bertz CT molecular complexity index is 358. The van der Waals surface area contributed by atoms with Crippen molar-refractivity contribution in [3.05, 3.63) is 29.6 Å². The van der Waals surface area contributed by atoms with E-state index in [4.69, 9.17) is 0 Å². The molecule has 0 spiro atoms. The fourth-order valence-electron chi connectivity index (χ4n) is 2.38. The molecule has 1 aromatic heterocycles. The third-order valence-corrected chi connectivity index (χ3v) is 4.35. The minimum absolute atomic E-state index is 1.00. The van der Waals surface area contributed by atoms with Gasteiger partial charge in [0.05, 0.1) is 5.69 Å². The molecule has 2 rings (SSSR count). The molecule has 1 aliphatic heterocycles. The Morgan fingerprint density at radius 2 is 1.89 bits per heavy atom. The van der Waals surface area contributed by atoms with Gasteiger partial charge >= 0.3 is 0 Å². The van der Waals surface area contributed by atoms with Crippen LogP contribution in [-0.4, -0.2) is 59.5 Å². The van der Waals surface area contributed by atoms with Crippen molar-refractivity contribution in [1.29, 1.82) is 0 Å². The van der Waals surface area contributed by atoms with Crippen LogP contribution in [0, 0.1) is 0 Å². The van der Waals surface area contributed by atoms with Gasteiger partial charge in [-0.25, -0.2) is 0 Å². The van der Waals surface area contributed by atoms with E-state index in [9.17, 15) is 0 Å². The first-order valence-electron chi connectivity index (χ1n) is 7.19. The molecule has 3 nitrogen and oxygen atoms in total. The molecule has 19 heavy (non-hydrogen) atoms. The van der Waals surface area contributed by atoms with Gasteiger partial charge in [-0.1, -0.05) is 13.0 Å². The molecule has 0 amide bonds. The maximum Gasteiger partial charge on any atom is 0.0544 e. The molecule has 2 heterocycles. The van der Waals surface area contributed by atoms with Crippen molar-refractivity contribution in [3.63, 3.8) is 0 Å². The number of aromatic nitrogens is 1. The molecule has 0 radical (unpaired) electrons. The highest BCUT2D eigenvalue weighted by Gasteiger charge is 2.16. The van der Waals surface area contributed by atoms with Gasteiger partial charge in [-0.3, -0.25) is 14.8 Å². The second-order valence-corrected chi connectivity index (χ2v) is 6.11. The molecule has 106 valence electrons. The molecular formula is C15H25N3S. The van der Waals surface area contributed by atoms with Gasteiger partial charge < -0.3 is 0 Å². The molecule has 1 fully saturated rings. The van der Waals surface area contributed by atoms with Crippen molar-refractivity contribution in [2.24, 2.45) is 0 Å². The van der Waals surface area contributed by atoms with Crippen LogP contribution in [0.4, 0.5) is 0 Å². The van der Waals surface area contributed by atoms with E-state index in [1.165, 1.54) is 49.7 Å². The Labute approximate surface area is 121 Å². The van der Waals surface area contributed by atoms with Crippen LogP contribution in [-0.2, 0) is 13.0 Å². The quantitative estimate of drug-likeness (QED) is 0.794. The van der Waals surface area contributed by atoms with Gasteiger partial charge in [-0.15, -0.1) is 0 Å². The van der Waals surface area contributed by atoms with Crippen molar-refractivity contribution < 1.29 is 0 Å². The largest absolute Gasteiger partial charge is 0.300 e. The number of pyridine rings is 1. The Hall–Kier alpha value is -0.580. The smallest absolute Gasteiger partial charge is 0.0544 e. The van der Waals surface area contributed by atoms with Crippen molar-refractivity contribution >= 4 is 11.8 Å². The summed E-state index contributed by atoms with van der Waals surface area (Å²) in [4.78, 5) is 9.64. The summed E-state index contributed by atoms with van der Waals surface area (Å²) in [5.74, 6) is 1.25. The van der Waals surface area contributed by atoms with E-state index in [1.54, 1.807) is 0 Å². The summed E-state index contributed by atoms with van der Waals surface area (Å²) in [6, 6.07) is 4.38. The highest BCUT2D eigenvalue weighted by Crippen LogP contribution is 2.08. The second kappa shape index (κ2) is 7.88. The number of nitrogens with zero attached hydrogens (tertiary/aromatic N) is 3. The van der Waals surface area contributed by atoms with E-state index in [2.05, 4.69) is 40.1 Å². The molecule has 0 aromatic carbocycles. The zero-order valence-corrected chi connectivity index (χ0v) is 13.0. The normalized spacial score (nSPS) is 17.8. The summed E-state index contributed by atoms with van der Waals surface area (Å²) in [5.41, 5.74) is 2.53. The van der Waals surface area contributed by atoms with Crippen LogP contribution in [0.25, 0.3) is 0 Å². The summed E-state index contributed by atoms with van der Waals surface area (Å²) < 4.78 is 0. The molecule has 1 aliphatic rings. The van der Waals surface area contributed by atoms with Crippen LogP contribution in [0.5, 0.6) is 0 Å². The molecule has 0 saturated carbocycles. The molecular weight excluding hydrogens is 254 g/mol. The van der Waals surface area contributed by atoms with E-state index < -0.39 is 0 Å². The monoisotopic (exact) mass is 279 g/mol. The molecule has 4 heteroatoms. The van der Waals surface area contributed by atoms with Gasteiger partial charge in [0.1, 0.15) is 0 Å². The molecule has 0 bridgehead atoms. The zero-order chi connectivity index (χ0) is 13.5. The van der Waals surface area contributed by atoms with Gasteiger partial charge in [0, 0.05) is 51.2 Å². The minimum Gasteiger partial charge on any atom is -0.300 e. The van der Waals surface area contributed by atoms with E-state index in [1.807, 2.05) is 18.0 Å². The number of aryl methyl sites for hydroxylation is 1. The fourth-order valence-corrected chi connectivity index (χ4v) is 2.82. The van der Waals surface area contributed by atoms with Gasteiger partial charge in [-0.2, -0.15) is 11.8 Å². The van der Waals surface area contributed by atoms with Crippen molar-refractivity contribution in [1.82, 2.24) is 14.8 Å². The van der Waals surface area contributed by atoms with E-state index in [0.29, 0.717) is 0 Å². The van der Waals surface area contributed by atoms with Crippen LogP contribution in [0.2, 0.25) is 0 Å². The highest BCUT2D eigenvalue weighted by atomic mass is 32.2. The van der Waals surface area contributed by atoms with Crippen LogP contribution in [0.15, 0.2) is 18.3 Å². The maximum atomic E-state index is 4.55. The lowest BCUT2D eigenvalue weighted by Gasteiger charge is -2.34. The predicted octanol–water partition coefficient (Wildman–Crippen LogP) is 2.12. The standard InChI is InChI=1S/C15H25N3S/c1-3-14-4-5-15(16-12-14)13-18-8-6-17(7-9-18)10-11-19-2/h4-5,12H,3,6-11,13H2,1-2H3. The third-order valence-electron chi connectivity index (χ3n) is 3.76. The average molecular weight is 279 g/mol. The van der Waals surface area contributed by atoms with Crippen LogP contribution < -0.4 is 0 Å². The van der Waals surface area contributed by atoms with E-state index in [0.717, 1.165) is 13.0 Å². The maximum absolute atomic E-state index is 4.55. The first-order valence-corrected chi connectivity index (χ1v) is 8.58. The van der Waals surface area contributed by atoms with Gasteiger partial charge in [0.15, 0.2) is 0 Å². The zero-order valence-electron chi connectivity index (χ0n) is 12.1. The van der Waals surface area contributed by atoms with Crippen LogP contribution in [0.1, 0.15) is 18.2 Å². The lowest BCUT2D eigenvalue weighted by molar-refractivity contribution is 0.131. The summed E-state index contributed by atoms with van der Waals surface area (Å²) in [5, 5.41) is 0. The Morgan fingerprint density at radius 1 is 1.16 bits per heavy atom. The third kappa shape index (κ3) is 4.79. The molecule has 0 unspecified atom stereocenters. The number of piperazine rings is 1. The molecule has 0 N–H and O–H groups in total. The summed E-state index contributed by atoms with van der Waals surface area (Å²) in [6.45, 7) is 9.15. The number of hydrogen-bond donors (Lipinski definition) is 0. The Kier molecular flexibility index (Phi) is 6.14. The fraction of sp³-hybridized carbons (Fsp3) is 0.667. The van der Waals surface area contributed by atoms with Crippen molar-refractivity contribution in [2.45, 2.75) is 19.9 Å². The first-order chi connectivity index (χ1) is 9.31. The van der Waals surface area contributed by atoms with Crippen molar-refractivity contribution in [3.8, 4) is 0 Å². The van der Waals surface area contributed by atoms with Crippen molar-refractivity contribution in [2.75, 3.05) is 44.7 Å². The lowest BCUT2D eigenvalue weighted by atomic mass is 10.2. The first kappa shape index (κ1) is 14.8. The number of rotatable bonds is 6. The topological polar surface area (TPSA) is 19.4 Å². The lowest BCUT2D eigenvalue weighted by Crippen LogP contribution is -2.46. The van der Waals surface area contributed by atoms with E-state index >= 15 is 0 Å². The SMILES string of the molecule is CCc1ccc(CN2CCN(CCSC)CC2)nc1.